The Morgan fingerprint density at radius 1 is 1.04 bits per heavy atom. The third kappa shape index (κ3) is 5.41. The first-order valence-electron chi connectivity index (χ1n) is 8.75. The molecule has 1 aliphatic rings. The first kappa shape index (κ1) is 19.7. The quantitative estimate of drug-likeness (QED) is 0.751. The molecule has 5 nitrogen and oxygen atoms in total. The van der Waals surface area contributed by atoms with Gasteiger partial charge in [0.15, 0.2) is 0 Å². The summed E-state index contributed by atoms with van der Waals surface area (Å²) in [6.45, 7) is 2.42. The fourth-order valence-electron chi connectivity index (χ4n) is 2.95. The predicted octanol–water partition coefficient (Wildman–Crippen LogP) is 2.67. The summed E-state index contributed by atoms with van der Waals surface area (Å²) < 4.78 is 13.9. The average Bonchev–Trinajstić information content (AvgIpc) is 2.61. The maximum Gasteiger partial charge on any atom is 0.258 e. The fourth-order valence-corrected chi connectivity index (χ4v) is 3.20. The van der Waals surface area contributed by atoms with Gasteiger partial charge >= 0.3 is 0 Å². The minimum Gasteiger partial charge on any atom is -0.339 e. The van der Waals surface area contributed by atoms with Gasteiger partial charge in [0, 0.05) is 32.6 Å². The minimum absolute atomic E-state index is 0.0937. The standard InChI is InChI=1S/C18H25ClFN3O2/c19-14-6-5-7-15(20)17(14)18(25)23-12-10-22(11-13-23)16(24)8-3-1-2-4-9-21/h5-7H,1-4,8-13,21H2. The summed E-state index contributed by atoms with van der Waals surface area (Å²) in [5.74, 6) is -0.922. The summed E-state index contributed by atoms with van der Waals surface area (Å²) in [7, 11) is 0. The molecule has 0 spiro atoms. The zero-order valence-electron chi connectivity index (χ0n) is 14.3. The van der Waals surface area contributed by atoms with Crippen LogP contribution in [0.2, 0.25) is 5.02 Å². The molecular weight excluding hydrogens is 345 g/mol. The van der Waals surface area contributed by atoms with Gasteiger partial charge in [0.25, 0.3) is 5.91 Å². The van der Waals surface area contributed by atoms with Crippen molar-refractivity contribution in [2.24, 2.45) is 5.73 Å². The molecule has 2 N–H and O–H groups in total. The Balaban J connectivity index is 1.81. The molecule has 1 aromatic rings. The van der Waals surface area contributed by atoms with E-state index in [2.05, 4.69) is 0 Å². The highest BCUT2D eigenvalue weighted by Gasteiger charge is 2.27. The lowest BCUT2D eigenvalue weighted by atomic mass is 10.1. The zero-order chi connectivity index (χ0) is 18.2. The Hall–Kier alpha value is -1.66. The summed E-state index contributed by atoms with van der Waals surface area (Å²) in [5, 5.41) is 0.112. The van der Waals surface area contributed by atoms with Crippen molar-refractivity contribution in [1.29, 1.82) is 0 Å². The van der Waals surface area contributed by atoms with E-state index in [0.717, 1.165) is 25.7 Å². The highest BCUT2D eigenvalue weighted by atomic mass is 35.5. The monoisotopic (exact) mass is 369 g/mol. The van der Waals surface area contributed by atoms with E-state index >= 15 is 0 Å². The van der Waals surface area contributed by atoms with Gasteiger partial charge in [-0.1, -0.05) is 30.5 Å². The van der Waals surface area contributed by atoms with Crippen molar-refractivity contribution in [1.82, 2.24) is 9.80 Å². The highest BCUT2D eigenvalue weighted by molar-refractivity contribution is 6.33. The number of rotatable bonds is 7. The molecule has 0 saturated carbocycles. The van der Waals surface area contributed by atoms with E-state index in [4.69, 9.17) is 17.3 Å². The van der Waals surface area contributed by atoms with E-state index in [0.29, 0.717) is 39.1 Å². The number of halogens is 2. The second-order valence-electron chi connectivity index (χ2n) is 6.22. The Kier molecular flexibility index (Phi) is 7.65. The third-order valence-electron chi connectivity index (χ3n) is 4.44. The molecular formula is C18H25ClFN3O2. The van der Waals surface area contributed by atoms with E-state index in [9.17, 15) is 14.0 Å². The molecule has 2 rings (SSSR count). The normalized spacial score (nSPS) is 14.7. The molecule has 0 bridgehead atoms. The number of amides is 2. The van der Waals surface area contributed by atoms with Crippen LogP contribution in [-0.4, -0.2) is 54.3 Å². The van der Waals surface area contributed by atoms with Crippen molar-refractivity contribution in [2.75, 3.05) is 32.7 Å². The Bertz CT molecular complexity index is 584. The van der Waals surface area contributed by atoms with Gasteiger partial charge in [-0.2, -0.15) is 0 Å². The third-order valence-corrected chi connectivity index (χ3v) is 4.76. The van der Waals surface area contributed by atoms with E-state index < -0.39 is 11.7 Å². The molecule has 25 heavy (non-hydrogen) atoms. The van der Waals surface area contributed by atoms with Crippen LogP contribution in [0, 0.1) is 5.82 Å². The van der Waals surface area contributed by atoms with Gasteiger partial charge in [0.2, 0.25) is 5.91 Å². The summed E-state index contributed by atoms with van der Waals surface area (Å²) in [5.41, 5.74) is 5.35. The molecule has 1 saturated heterocycles. The lowest BCUT2D eigenvalue weighted by Gasteiger charge is -2.35. The number of nitrogens with zero attached hydrogens (tertiary/aromatic N) is 2. The molecule has 138 valence electrons. The summed E-state index contributed by atoms with van der Waals surface area (Å²) in [6.07, 6.45) is 4.44. The summed E-state index contributed by atoms with van der Waals surface area (Å²) in [4.78, 5) is 28.0. The maximum absolute atomic E-state index is 13.9. The molecule has 0 radical (unpaired) electrons. The topological polar surface area (TPSA) is 66.6 Å². The number of carbonyl (C=O) groups is 2. The van der Waals surface area contributed by atoms with Crippen LogP contribution in [0.15, 0.2) is 18.2 Å². The van der Waals surface area contributed by atoms with Crippen LogP contribution in [0.4, 0.5) is 4.39 Å². The average molecular weight is 370 g/mol. The highest BCUT2D eigenvalue weighted by Crippen LogP contribution is 2.21. The van der Waals surface area contributed by atoms with Gasteiger partial charge in [0.05, 0.1) is 10.6 Å². The van der Waals surface area contributed by atoms with Crippen LogP contribution in [0.25, 0.3) is 0 Å². The fraction of sp³-hybridized carbons (Fsp3) is 0.556. The predicted molar refractivity (Wildman–Crippen MR) is 96.0 cm³/mol. The Morgan fingerprint density at radius 2 is 1.68 bits per heavy atom. The van der Waals surface area contributed by atoms with Crippen LogP contribution in [0.3, 0.4) is 0 Å². The van der Waals surface area contributed by atoms with Crippen LogP contribution in [-0.2, 0) is 4.79 Å². The maximum atomic E-state index is 13.9. The van der Waals surface area contributed by atoms with Gasteiger partial charge in [-0.15, -0.1) is 0 Å². The molecule has 1 fully saturated rings. The minimum atomic E-state index is -0.617. The second-order valence-corrected chi connectivity index (χ2v) is 6.63. The Morgan fingerprint density at radius 3 is 2.32 bits per heavy atom. The smallest absolute Gasteiger partial charge is 0.258 e. The molecule has 0 atom stereocenters. The van der Waals surface area contributed by atoms with Crippen molar-refractivity contribution in [3.63, 3.8) is 0 Å². The largest absolute Gasteiger partial charge is 0.339 e. The SMILES string of the molecule is NCCCCCCC(=O)N1CCN(C(=O)c2c(F)cccc2Cl)CC1. The van der Waals surface area contributed by atoms with Crippen LogP contribution < -0.4 is 5.73 Å². The lowest BCUT2D eigenvalue weighted by molar-refractivity contribution is -0.132. The van der Waals surface area contributed by atoms with E-state index in [1.54, 1.807) is 9.80 Å². The Labute approximate surface area is 152 Å². The summed E-state index contributed by atoms with van der Waals surface area (Å²) in [6, 6.07) is 4.20. The van der Waals surface area contributed by atoms with Crippen LogP contribution in [0.5, 0.6) is 0 Å². The second kappa shape index (κ2) is 9.73. The molecule has 7 heteroatoms. The van der Waals surface area contributed by atoms with Crippen molar-refractivity contribution >= 4 is 23.4 Å². The van der Waals surface area contributed by atoms with Crippen LogP contribution in [0.1, 0.15) is 42.5 Å². The lowest BCUT2D eigenvalue weighted by Crippen LogP contribution is -2.50. The summed E-state index contributed by atoms with van der Waals surface area (Å²) >= 11 is 5.96. The van der Waals surface area contributed by atoms with Crippen molar-refractivity contribution in [3.05, 3.63) is 34.6 Å². The molecule has 1 aromatic carbocycles. The molecule has 2 amide bonds. The first-order chi connectivity index (χ1) is 12.0. The van der Waals surface area contributed by atoms with Crippen molar-refractivity contribution in [2.45, 2.75) is 32.1 Å². The van der Waals surface area contributed by atoms with Crippen molar-refractivity contribution in [3.8, 4) is 0 Å². The number of nitrogens with two attached hydrogens (primary N) is 1. The molecule has 0 unspecified atom stereocenters. The number of unbranched alkanes of at least 4 members (excludes halogenated alkanes) is 3. The number of hydrogen-bond donors (Lipinski definition) is 1. The van der Waals surface area contributed by atoms with Gasteiger partial charge in [-0.05, 0) is 31.5 Å². The number of hydrogen-bond acceptors (Lipinski definition) is 3. The van der Waals surface area contributed by atoms with E-state index in [1.165, 1.54) is 18.2 Å². The molecule has 1 aliphatic heterocycles. The van der Waals surface area contributed by atoms with E-state index in [1.807, 2.05) is 0 Å². The number of benzene rings is 1. The van der Waals surface area contributed by atoms with Gasteiger partial charge in [-0.25, -0.2) is 4.39 Å². The molecule has 0 aromatic heterocycles. The van der Waals surface area contributed by atoms with Gasteiger partial charge in [-0.3, -0.25) is 9.59 Å². The number of carbonyl (C=O) groups excluding carboxylic acids is 2. The molecule has 1 heterocycles. The van der Waals surface area contributed by atoms with Crippen molar-refractivity contribution < 1.29 is 14.0 Å². The molecule has 0 aliphatic carbocycles. The van der Waals surface area contributed by atoms with E-state index in [-0.39, 0.29) is 16.5 Å². The van der Waals surface area contributed by atoms with Gasteiger partial charge in [0.1, 0.15) is 5.82 Å². The number of piperazine rings is 1. The first-order valence-corrected chi connectivity index (χ1v) is 9.13. The zero-order valence-corrected chi connectivity index (χ0v) is 15.1. The van der Waals surface area contributed by atoms with Gasteiger partial charge < -0.3 is 15.5 Å². The van der Waals surface area contributed by atoms with Crippen LogP contribution >= 0.6 is 11.6 Å².